The second-order valence-corrected chi connectivity index (χ2v) is 6.18. The smallest absolute Gasteiger partial charge is 0.273 e. The number of halogens is 1. The van der Waals surface area contributed by atoms with Crippen molar-refractivity contribution in [2.24, 2.45) is 5.41 Å². The van der Waals surface area contributed by atoms with Crippen LogP contribution in [0, 0.1) is 15.5 Å². The van der Waals surface area contributed by atoms with Crippen molar-refractivity contribution in [1.29, 1.82) is 0 Å². The van der Waals surface area contributed by atoms with Crippen molar-refractivity contribution in [3.8, 4) is 0 Å². The Labute approximate surface area is 116 Å². The zero-order valence-electron chi connectivity index (χ0n) is 11.2. The average molecular weight is 315 g/mol. The molecule has 0 amide bonds. The van der Waals surface area contributed by atoms with Gasteiger partial charge in [0.25, 0.3) is 5.69 Å². The summed E-state index contributed by atoms with van der Waals surface area (Å²) in [5.74, 6) is 0. The fourth-order valence-electron chi connectivity index (χ4n) is 1.90. The first kappa shape index (κ1) is 15.0. The van der Waals surface area contributed by atoms with E-state index < -0.39 is 0 Å². The number of nitro benzene ring substituents is 1. The predicted octanol–water partition coefficient (Wildman–Crippen LogP) is 3.97. The van der Waals surface area contributed by atoms with Crippen LogP contribution in [0.1, 0.15) is 26.3 Å². The van der Waals surface area contributed by atoms with Gasteiger partial charge in [-0.05, 0) is 17.5 Å². The first-order chi connectivity index (χ1) is 8.24. The molecule has 0 aliphatic heterocycles. The Morgan fingerprint density at radius 2 is 2.00 bits per heavy atom. The number of anilines is 1. The molecule has 0 bridgehead atoms. The van der Waals surface area contributed by atoms with Gasteiger partial charge in [-0.1, -0.05) is 36.7 Å². The van der Waals surface area contributed by atoms with Gasteiger partial charge < -0.3 is 4.90 Å². The van der Waals surface area contributed by atoms with Crippen LogP contribution < -0.4 is 4.90 Å². The summed E-state index contributed by atoms with van der Waals surface area (Å²) < 4.78 is 0. The lowest BCUT2D eigenvalue weighted by molar-refractivity contribution is -0.385. The number of benzene rings is 1. The SMILES string of the molecule is CN(CC(C)(C)C)c1ccc([N+](=O)[O-])c(CBr)c1. The van der Waals surface area contributed by atoms with Gasteiger partial charge in [0.05, 0.1) is 4.92 Å². The van der Waals surface area contributed by atoms with E-state index in [0.717, 1.165) is 12.2 Å². The molecule has 0 unspecified atom stereocenters. The number of hydrogen-bond donors (Lipinski definition) is 0. The lowest BCUT2D eigenvalue weighted by Gasteiger charge is -2.28. The molecule has 0 aromatic heterocycles. The highest BCUT2D eigenvalue weighted by Gasteiger charge is 2.17. The number of alkyl halides is 1. The molecular weight excluding hydrogens is 296 g/mol. The van der Waals surface area contributed by atoms with Crippen molar-refractivity contribution in [2.45, 2.75) is 26.1 Å². The van der Waals surface area contributed by atoms with Crippen molar-refractivity contribution in [1.82, 2.24) is 0 Å². The van der Waals surface area contributed by atoms with E-state index in [9.17, 15) is 10.1 Å². The standard InChI is InChI=1S/C13H19BrN2O2/c1-13(2,3)9-15(4)11-5-6-12(16(17)18)10(7-11)8-14/h5-7H,8-9H2,1-4H3. The first-order valence-corrected chi connectivity index (χ1v) is 6.91. The van der Waals surface area contributed by atoms with Crippen LogP contribution in [0.5, 0.6) is 0 Å². The molecule has 0 aliphatic carbocycles. The van der Waals surface area contributed by atoms with Gasteiger partial charge >= 0.3 is 0 Å². The van der Waals surface area contributed by atoms with Gasteiger partial charge in [0.15, 0.2) is 0 Å². The maximum absolute atomic E-state index is 10.9. The molecule has 0 fully saturated rings. The van der Waals surface area contributed by atoms with E-state index in [1.54, 1.807) is 12.1 Å². The lowest BCUT2D eigenvalue weighted by Crippen LogP contribution is -2.29. The van der Waals surface area contributed by atoms with Crippen LogP contribution in [0.4, 0.5) is 11.4 Å². The summed E-state index contributed by atoms with van der Waals surface area (Å²) in [4.78, 5) is 12.6. The number of rotatable bonds is 4. The molecule has 1 aromatic rings. The molecule has 1 aromatic carbocycles. The van der Waals surface area contributed by atoms with E-state index >= 15 is 0 Å². The molecular formula is C13H19BrN2O2. The minimum absolute atomic E-state index is 0.166. The minimum atomic E-state index is -0.343. The van der Waals surface area contributed by atoms with E-state index in [-0.39, 0.29) is 16.0 Å². The van der Waals surface area contributed by atoms with Crippen LogP contribution in [0.15, 0.2) is 18.2 Å². The van der Waals surface area contributed by atoms with Gasteiger partial charge in [0.1, 0.15) is 0 Å². The highest BCUT2D eigenvalue weighted by Crippen LogP contribution is 2.27. The summed E-state index contributed by atoms with van der Waals surface area (Å²) in [7, 11) is 2.00. The second-order valence-electron chi connectivity index (χ2n) is 5.62. The highest BCUT2D eigenvalue weighted by molar-refractivity contribution is 9.08. The number of nitrogens with zero attached hydrogens (tertiary/aromatic N) is 2. The zero-order valence-corrected chi connectivity index (χ0v) is 12.8. The number of nitro groups is 1. The predicted molar refractivity (Wildman–Crippen MR) is 78.5 cm³/mol. The summed E-state index contributed by atoms with van der Waals surface area (Å²) >= 11 is 3.30. The Morgan fingerprint density at radius 3 is 2.44 bits per heavy atom. The first-order valence-electron chi connectivity index (χ1n) is 5.79. The third-order valence-corrected chi connectivity index (χ3v) is 3.16. The molecule has 0 radical (unpaired) electrons. The second kappa shape index (κ2) is 5.69. The van der Waals surface area contributed by atoms with E-state index in [0.29, 0.717) is 10.9 Å². The molecule has 0 aliphatic rings. The average Bonchev–Trinajstić information content (AvgIpc) is 2.25. The van der Waals surface area contributed by atoms with Crippen molar-refractivity contribution < 1.29 is 4.92 Å². The van der Waals surface area contributed by atoms with E-state index in [1.807, 2.05) is 13.1 Å². The fraction of sp³-hybridized carbons (Fsp3) is 0.538. The molecule has 4 nitrogen and oxygen atoms in total. The molecule has 0 saturated heterocycles. The Bertz CT molecular complexity index is 441. The van der Waals surface area contributed by atoms with Gasteiger partial charge in [0.2, 0.25) is 0 Å². The molecule has 5 heteroatoms. The maximum Gasteiger partial charge on any atom is 0.273 e. The molecule has 0 spiro atoms. The summed E-state index contributed by atoms with van der Waals surface area (Å²) in [5.41, 5.74) is 2.06. The lowest BCUT2D eigenvalue weighted by atomic mass is 9.96. The molecule has 0 heterocycles. The third kappa shape index (κ3) is 3.98. The van der Waals surface area contributed by atoms with Crippen LogP contribution in [0.3, 0.4) is 0 Å². The van der Waals surface area contributed by atoms with Crippen molar-refractivity contribution in [2.75, 3.05) is 18.5 Å². The topological polar surface area (TPSA) is 46.4 Å². The third-order valence-electron chi connectivity index (χ3n) is 2.56. The van der Waals surface area contributed by atoms with Crippen LogP contribution in [0.25, 0.3) is 0 Å². The fourth-order valence-corrected chi connectivity index (χ4v) is 2.35. The van der Waals surface area contributed by atoms with Gasteiger partial charge in [-0.2, -0.15) is 0 Å². The van der Waals surface area contributed by atoms with Crippen molar-refractivity contribution in [3.63, 3.8) is 0 Å². The van der Waals surface area contributed by atoms with Crippen LogP contribution in [-0.2, 0) is 5.33 Å². The highest BCUT2D eigenvalue weighted by atomic mass is 79.9. The van der Waals surface area contributed by atoms with Crippen LogP contribution >= 0.6 is 15.9 Å². The molecule has 18 heavy (non-hydrogen) atoms. The largest absolute Gasteiger partial charge is 0.374 e. The summed E-state index contributed by atoms with van der Waals surface area (Å²) in [6, 6.07) is 5.25. The number of hydrogen-bond acceptors (Lipinski definition) is 3. The van der Waals surface area contributed by atoms with Gasteiger partial charge in [-0.25, -0.2) is 0 Å². The summed E-state index contributed by atoms with van der Waals surface area (Å²) in [6.45, 7) is 7.40. The van der Waals surface area contributed by atoms with Crippen LogP contribution in [0.2, 0.25) is 0 Å². The van der Waals surface area contributed by atoms with Gasteiger partial charge in [-0.15, -0.1) is 0 Å². The van der Waals surface area contributed by atoms with Gasteiger partial charge in [0, 0.05) is 36.2 Å². The summed E-state index contributed by atoms with van der Waals surface area (Å²) in [6.07, 6.45) is 0. The maximum atomic E-state index is 10.9. The minimum Gasteiger partial charge on any atom is -0.374 e. The molecule has 0 N–H and O–H groups in total. The van der Waals surface area contributed by atoms with E-state index in [4.69, 9.17) is 0 Å². The van der Waals surface area contributed by atoms with Crippen molar-refractivity contribution in [3.05, 3.63) is 33.9 Å². The Balaban J connectivity index is 3.02. The van der Waals surface area contributed by atoms with Crippen molar-refractivity contribution >= 4 is 27.3 Å². The Morgan fingerprint density at radius 1 is 1.39 bits per heavy atom. The van der Waals surface area contributed by atoms with Crippen LogP contribution in [-0.4, -0.2) is 18.5 Å². The monoisotopic (exact) mass is 314 g/mol. The Kier molecular flexibility index (Phi) is 4.73. The van der Waals surface area contributed by atoms with E-state index in [1.165, 1.54) is 0 Å². The quantitative estimate of drug-likeness (QED) is 0.480. The normalized spacial score (nSPS) is 11.4. The molecule has 100 valence electrons. The Hall–Kier alpha value is -1.10. The molecule has 0 saturated carbocycles. The summed E-state index contributed by atoms with van der Waals surface area (Å²) in [5, 5.41) is 11.3. The van der Waals surface area contributed by atoms with E-state index in [2.05, 4.69) is 41.6 Å². The molecule has 0 atom stereocenters. The molecule has 1 rings (SSSR count). The zero-order chi connectivity index (χ0) is 13.9. The van der Waals surface area contributed by atoms with Gasteiger partial charge in [-0.3, -0.25) is 10.1 Å².